The van der Waals surface area contributed by atoms with Crippen LogP contribution in [0.4, 0.5) is 0 Å². The molecule has 0 fully saturated rings. The molecule has 1 aromatic heterocycles. The van der Waals surface area contributed by atoms with E-state index in [1.165, 1.54) is 0 Å². The minimum absolute atomic E-state index is 0.479. The number of fused-ring (bicyclic) bond motifs is 1. The van der Waals surface area contributed by atoms with Crippen LogP contribution in [-0.4, -0.2) is 16.6 Å². The van der Waals surface area contributed by atoms with Crippen molar-refractivity contribution in [1.82, 2.24) is 9.97 Å². The van der Waals surface area contributed by atoms with Gasteiger partial charge in [-0.25, -0.2) is 4.98 Å². The van der Waals surface area contributed by atoms with E-state index in [1.807, 2.05) is 0 Å². The third-order valence-corrected chi connectivity index (χ3v) is 1.84. The molecule has 0 bridgehead atoms. The second-order valence-corrected chi connectivity index (χ2v) is 2.62. The first-order valence-corrected chi connectivity index (χ1v) is 3.74. The summed E-state index contributed by atoms with van der Waals surface area (Å²) in [5, 5.41) is 0. The van der Waals surface area contributed by atoms with Gasteiger partial charge in [-0.2, -0.15) is 0 Å². The van der Waals surface area contributed by atoms with Crippen LogP contribution in [-0.2, 0) is 24.3 Å². The van der Waals surface area contributed by atoms with Crippen LogP contribution < -0.4 is 5.73 Å². The Morgan fingerprint density at radius 3 is 3.27 bits per heavy atom. The molecular weight excluding hydrogens is 142 g/mol. The van der Waals surface area contributed by atoms with Crippen molar-refractivity contribution < 1.29 is 4.74 Å². The highest BCUT2D eigenvalue weighted by Crippen LogP contribution is 2.13. The minimum atomic E-state index is 0.479. The number of imidazole rings is 1. The lowest BCUT2D eigenvalue weighted by molar-refractivity contribution is 0.107. The van der Waals surface area contributed by atoms with E-state index in [9.17, 15) is 0 Å². The van der Waals surface area contributed by atoms with Gasteiger partial charge in [0.1, 0.15) is 5.82 Å². The van der Waals surface area contributed by atoms with Gasteiger partial charge in [0.25, 0.3) is 0 Å². The molecule has 0 atom stereocenters. The van der Waals surface area contributed by atoms with Crippen molar-refractivity contribution >= 4 is 0 Å². The summed E-state index contributed by atoms with van der Waals surface area (Å²) < 4.78 is 5.24. The Morgan fingerprint density at radius 1 is 1.64 bits per heavy atom. The Morgan fingerprint density at radius 2 is 2.55 bits per heavy atom. The van der Waals surface area contributed by atoms with Crippen molar-refractivity contribution in [2.45, 2.75) is 19.6 Å². The number of nitrogens with one attached hydrogen (secondary N) is 1. The van der Waals surface area contributed by atoms with Crippen LogP contribution in [0, 0.1) is 0 Å². The Hall–Kier alpha value is -0.870. The Bertz CT molecular complexity index is 233. The molecule has 3 N–H and O–H groups in total. The van der Waals surface area contributed by atoms with Gasteiger partial charge in [0, 0.05) is 6.42 Å². The maximum atomic E-state index is 5.43. The Kier molecular flexibility index (Phi) is 1.63. The summed E-state index contributed by atoms with van der Waals surface area (Å²) in [5.41, 5.74) is 7.64. The Labute approximate surface area is 64.8 Å². The molecule has 0 saturated heterocycles. The van der Waals surface area contributed by atoms with E-state index in [-0.39, 0.29) is 0 Å². The number of nitrogens with two attached hydrogens (primary N) is 1. The Balaban J connectivity index is 2.32. The summed E-state index contributed by atoms with van der Waals surface area (Å²) in [6.07, 6.45) is 0.909. The molecule has 0 radical (unpaired) electrons. The third kappa shape index (κ3) is 1.15. The van der Waals surface area contributed by atoms with Crippen molar-refractivity contribution in [3.8, 4) is 0 Å². The summed E-state index contributed by atoms with van der Waals surface area (Å²) in [4.78, 5) is 7.43. The number of rotatable bonds is 1. The number of ether oxygens (including phenoxy) is 1. The van der Waals surface area contributed by atoms with Gasteiger partial charge in [-0.1, -0.05) is 0 Å². The maximum Gasteiger partial charge on any atom is 0.120 e. The molecule has 60 valence electrons. The molecule has 0 spiro atoms. The topological polar surface area (TPSA) is 63.9 Å². The molecule has 1 aromatic rings. The van der Waals surface area contributed by atoms with Gasteiger partial charge in [0.05, 0.1) is 31.1 Å². The van der Waals surface area contributed by atoms with E-state index in [0.29, 0.717) is 13.2 Å². The first-order valence-electron chi connectivity index (χ1n) is 3.74. The zero-order valence-corrected chi connectivity index (χ0v) is 6.26. The van der Waals surface area contributed by atoms with Crippen molar-refractivity contribution in [3.63, 3.8) is 0 Å². The van der Waals surface area contributed by atoms with Crippen molar-refractivity contribution in [3.05, 3.63) is 17.2 Å². The van der Waals surface area contributed by atoms with Crippen molar-refractivity contribution in [2.75, 3.05) is 6.61 Å². The van der Waals surface area contributed by atoms with Crippen LogP contribution in [0.1, 0.15) is 17.2 Å². The van der Waals surface area contributed by atoms with Crippen molar-refractivity contribution in [2.24, 2.45) is 5.73 Å². The van der Waals surface area contributed by atoms with Gasteiger partial charge in [0.2, 0.25) is 0 Å². The summed E-state index contributed by atoms with van der Waals surface area (Å²) in [5.74, 6) is 0.862. The largest absolute Gasteiger partial charge is 0.375 e. The second kappa shape index (κ2) is 2.64. The van der Waals surface area contributed by atoms with Gasteiger partial charge >= 0.3 is 0 Å². The molecule has 2 rings (SSSR count). The van der Waals surface area contributed by atoms with E-state index in [4.69, 9.17) is 10.5 Å². The molecule has 0 aromatic carbocycles. The molecule has 1 aliphatic rings. The predicted molar refractivity (Wildman–Crippen MR) is 39.8 cm³/mol. The van der Waals surface area contributed by atoms with Crippen LogP contribution >= 0.6 is 0 Å². The van der Waals surface area contributed by atoms with Gasteiger partial charge in [-0.15, -0.1) is 0 Å². The van der Waals surface area contributed by atoms with Gasteiger partial charge in [0.15, 0.2) is 0 Å². The zero-order chi connectivity index (χ0) is 7.68. The summed E-state index contributed by atoms with van der Waals surface area (Å²) in [6.45, 7) is 1.91. The fourth-order valence-electron chi connectivity index (χ4n) is 1.27. The van der Waals surface area contributed by atoms with Crippen LogP contribution in [0.25, 0.3) is 0 Å². The average molecular weight is 153 g/mol. The molecule has 1 aliphatic heterocycles. The summed E-state index contributed by atoms with van der Waals surface area (Å²) in [6, 6.07) is 0. The highest BCUT2D eigenvalue weighted by atomic mass is 16.5. The molecule has 4 nitrogen and oxygen atoms in total. The van der Waals surface area contributed by atoms with Crippen LogP contribution in [0.3, 0.4) is 0 Å². The highest BCUT2D eigenvalue weighted by molar-refractivity contribution is 5.15. The van der Waals surface area contributed by atoms with Gasteiger partial charge in [-0.3, -0.25) is 0 Å². The van der Waals surface area contributed by atoms with Crippen LogP contribution in [0.15, 0.2) is 0 Å². The average Bonchev–Trinajstić information content (AvgIpc) is 2.46. The number of hydrogen-bond donors (Lipinski definition) is 2. The third-order valence-electron chi connectivity index (χ3n) is 1.84. The number of H-pyrrole nitrogens is 1. The van der Waals surface area contributed by atoms with Gasteiger partial charge in [-0.05, 0) is 0 Å². The predicted octanol–water partition coefficient (Wildman–Crippen LogP) is -0.0589. The summed E-state index contributed by atoms with van der Waals surface area (Å²) in [7, 11) is 0. The quantitative estimate of drug-likeness (QED) is 0.594. The molecule has 0 saturated carbocycles. The van der Waals surface area contributed by atoms with Crippen LogP contribution in [0.2, 0.25) is 0 Å². The molecule has 0 unspecified atom stereocenters. The molecule has 11 heavy (non-hydrogen) atoms. The van der Waals surface area contributed by atoms with Gasteiger partial charge < -0.3 is 15.5 Å². The lowest BCUT2D eigenvalue weighted by Gasteiger charge is -2.09. The SMILES string of the molecule is NCc1nc2c([nH]1)COCC2. The number of aromatic nitrogens is 2. The van der Waals surface area contributed by atoms with E-state index in [1.54, 1.807) is 0 Å². The monoisotopic (exact) mass is 153 g/mol. The fraction of sp³-hybridized carbons (Fsp3) is 0.571. The highest BCUT2D eigenvalue weighted by Gasteiger charge is 2.13. The molecule has 4 heteroatoms. The van der Waals surface area contributed by atoms with E-state index in [0.717, 1.165) is 30.2 Å². The molecule has 0 aliphatic carbocycles. The minimum Gasteiger partial charge on any atom is -0.375 e. The number of aromatic amines is 1. The zero-order valence-electron chi connectivity index (χ0n) is 6.26. The lowest BCUT2D eigenvalue weighted by atomic mass is 10.2. The van der Waals surface area contributed by atoms with E-state index >= 15 is 0 Å². The first-order chi connectivity index (χ1) is 5.40. The fourth-order valence-corrected chi connectivity index (χ4v) is 1.27. The van der Waals surface area contributed by atoms with Crippen molar-refractivity contribution in [1.29, 1.82) is 0 Å². The second-order valence-electron chi connectivity index (χ2n) is 2.62. The number of nitrogens with zero attached hydrogens (tertiary/aromatic N) is 1. The lowest BCUT2D eigenvalue weighted by Crippen LogP contribution is -2.08. The smallest absolute Gasteiger partial charge is 0.120 e. The van der Waals surface area contributed by atoms with Crippen LogP contribution in [0.5, 0.6) is 0 Å². The standard InChI is InChI=1S/C7H11N3O/c8-3-7-9-5-1-2-11-4-6(5)10-7/h1-4,8H2,(H,9,10). The molecule has 2 heterocycles. The summed E-state index contributed by atoms with van der Waals surface area (Å²) >= 11 is 0. The first kappa shape index (κ1) is 6.82. The van der Waals surface area contributed by atoms with E-state index < -0.39 is 0 Å². The van der Waals surface area contributed by atoms with E-state index in [2.05, 4.69) is 9.97 Å². The normalized spacial score (nSPS) is 16.5. The number of hydrogen-bond acceptors (Lipinski definition) is 3. The molecular formula is C7H11N3O. The molecule has 0 amide bonds. The maximum absolute atomic E-state index is 5.43.